The number of Topliss-reactive ketones (excluding diaryl/α,β-unsaturated/α-hetero) is 1. The van der Waals surface area contributed by atoms with Crippen molar-refractivity contribution in [1.29, 1.82) is 0 Å². The summed E-state index contributed by atoms with van der Waals surface area (Å²) in [5.74, 6) is 1.63. The molecule has 1 aromatic heterocycles. The van der Waals surface area contributed by atoms with Gasteiger partial charge in [-0.05, 0) is 18.2 Å². The lowest BCUT2D eigenvalue weighted by molar-refractivity contribution is -0.121. The molecule has 0 aliphatic rings. The summed E-state index contributed by atoms with van der Waals surface area (Å²) in [4.78, 5) is 16.9. The molecule has 0 fully saturated rings. The molecule has 0 atom stereocenters. The summed E-state index contributed by atoms with van der Waals surface area (Å²) < 4.78 is 5.08. The summed E-state index contributed by atoms with van der Waals surface area (Å²) in [6.45, 7) is 3.71. The average molecular weight is 311 g/mol. The molecule has 1 heterocycles. The highest BCUT2D eigenvalue weighted by atomic mass is 35.5. The fourth-order valence-electron chi connectivity index (χ4n) is 1.48. The van der Waals surface area contributed by atoms with Gasteiger partial charge in [0.2, 0.25) is 5.89 Å². The van der Waals surface area contributed by atoms with Crippen molar-refractivity contribution in [2.45, 2.75) is 30.9 Å². The average Bonchev–Trinajstić information content (AvgIpc) is 2.84. The molecule has 1 aromatic carbocycles. The molecule has 0 aliphatic carbocycles. The second-order valence-electron chi connectivity index (χ2n) is 4.65. The minimum atomic E-state index is -0.0221. The maximum Gasteiger partial charge on any atom is 0.234 e. The van der Waals surface area contributed by atoms with Gasteiger partial charge < -0.3 is 4.52 Å². The number of thioether (sulfide) groups is 1. The Bertz CT molecular complexity index is 598. The summed E-state index contributed by atoms with van der Waals surface area (Å²) in [7, 11) is 0. The van der Waals surface area contributed by atoms with E-state index in [9.17, 15) is 4.79 Å². The van der Waals surface area contributed by atoms with Gasteiger partial charge in [-0.1, -0.05) is 36.7 Å². The number of carbonyl (C=O) groups is 1. The van der Waals surface area contributed by atoms with Crippen LogP contribution in [0.2, 0.25) is 5.02 Å². The van der Waals surface area contributed by atoms with Gasteiger partial charge in [0, 0.05) is 15.8 Å². The normalized spacial score (nSPS) is 11.0. The van der Waals surface area contributed by atoms with E-state index in [4.69, 9.17) is 16.1 Å². The number of hydrogen-bond acceptors (Lipinski definition) is 5. The standard InChI is InChI=1S/C14H15ClN2O2S/c1-9(2)12(18)7-14-16-13(17-19-14)8-20-11-5-3-4-10(15)6-11/h3-6,9H,7-8H2,1-2H3. The van der Waals surface area contributed by atoms with Gasteiger partial charge in [-0.3, -0.25) is 4.79 Å². The molecule has 6 heteroatoms. The number of nitrogens with zero attached hydrogens (tertiary/aromatic N) is 2. The van der Waals surface area contributed by atoms with E-state index in [0.29, 0.717) is 22.5 Å². The molecule has 0 saturated heterocycles. The summed E-state index contributed by atoms with van der Waals surface area (Å²) in [6.07, 6.45) is 0.201. The van der Waals surface area contributed by atoms with Crippen LogP contribution in [0.3, 0.4) is 0 Å². The monoisotopic (exact) mass is 310 g/mol. The molecular formula is C14H15ClN2O2S. The van der Waals surface area contributed by atoms with Gasteiger partial charge in [-0.25, -0.2) is 0 Å². The van der Waals surface area contributed by atoms with Gasteiger partial charge in [-0.2, -0.15) is 4.98 Å². The Labute approximate surface area is 126 Å². The SMILES string of the molecule is CC(C)C(=O)Cc1nc(CSc2cccc(Cl)c2)no1. The van der Waals surface area contributed by atoms with E-state index in [2.05, 4.69) is 10.1 Å². The van der Waals surface area contributed by atoms with Crippen LogP contribution in [-0.4, -0.2) is 15.9 Å². The maximum atomic E-state index is 11.6. The summed E-state index contributed by atoms with van der Waals surface area (Å²) >= 11 is 7.49. The second-order valence-corrected chi connectivity index (χ2v) is 6.13. The molecule has 0 saturated carbocycles. The van der Waals surface area contributed by atoms with Gasteiger partial charge in [0.1, 0.15) is 5.78 Å². The predicted octanol–water partition coefficient (Wildman–Crippen LogP) is 3.78. The number of hydrogen-bond donors (Lipinski definition) is 0. The van der Waals surface area contributed by atoms with Crippen LogP contribution in [0.5, 0.6) is 0 Å². The fourth-order valence-corrected chi connectivity index (χ4v) is 2.53. The Morgan fingerprint density at radius 2 is 2.25 bits per heavy atom. The number of carbonyl (C=O) groups excluding carboxylic acids is 1. The smallest absolute Gasteiger partial charge is 0.234 e. The highest BCUT2D eigenvalue weighted by molar-refractivity contribution is 7.98. The summed E-state index contributed by atoms with van der Waals surface area (Å²) in [5, 5.41) is 4.57. The van der Waals surface area contributed by atoms with Crippen LogP contribution in [-0.2, 0) is 17.0 Å². The van der Waals surface area contributed by atoms with E-state index in [1.807, 2.05) is 38.1 Å². The maximum absolute atomic E-state index is 11.6. The van der Waals surface area contributed by atoms with E-state index in [0.717, 1.165) is 4.90 Å². The fraction of sp³-hybridized carbons (Fsp3) is 0.357. The van der Waals surface area contributed by atoms with Crippen LogP contribution >= 0.6 is 23.4 Å². The number of halogens is 1. The Balaban J connectivity index is 1.91. The predicted molar refractivity (Wildman–Crippen MR) is 78.9 cm³/mol. The van der Waals surface area contributed by atoms with Gasteiger partial charge in [-0.15, -0.1) is 11.8 Å². The molecule has 0 aliphatic heterocycles. The van der Waals surface area contributed by atoms with Crippen LogP contribution in [0.15, 0.2) is 33.7 Å². The molecule has 2 aromatic rings. The Hall–Kier alpha value is -1.33. The largest absolute Gasteiger partial charge is 0.339 e. The van der Waals surface area contributed by atoms with Crippen LogP contribution in [0.25, 0.3) is 0 Å². The number of ketones is 1. The quantitative estimate of drug-likeness (QED) is 0.760. The van der Waals surface area contributed by atoms with E-state index in [-0.39, 0.29) is 18.1 Å². The van der Waals surface area contributed by atoms with Gasteiger partial charge >= 0.3 is 0 Å². The molecule has 0 spiro atoms. The highest BCUT2D eigenvalue weighted by Gasteiger charge is 2.14. The third kappa shape index (κ3) is 4.35. The molecule has 0 N–H and O–H groups in total. The highest BCUT2D eigenvalue weighted by Crippen LogP contribution is 2.24. The molecule has 106 valence electrons. The first-order valence-electron chi connectivity index (χ1n) is 6.27. The molecule has 2 rings (SSSR count). The van der Waals surface area contributed by atoms with Gasteiger partial charge in [0.05, 0.1) is 12.2 Å². The summed E-state index contributed by atoms with van der Waals surface area (Å²) in [5.41, 5.74) is 0. The number of rotatable bonds is 6. The Kier molecular flexibility index (Phi) is 5.20. The van der Waals surface area contributed by atoms with Crippen LogP contribution in [0, 0.1) is 5.92 Å². The lowest BCUT2D eigenvalue weighted by Gasteiger charge is -1.99. The van der Waals surface area contributed by atoms with Crippen molar-refractivity contribution in [3.8, 4) is 0 Å². The first-order chi connectivity index (χ1) is 9.54. The molecule has 0 unspecified atom stereocenters. The zero-order valence-corrected chi connectivity index (χ0v) is 12.9. The van der Waals surface area contributed by atoms with Gasteiger partial charge in [0.25, 0.3) is 0 Å². The van der Waals surface area contributed by atoms with Crippen molar-refractivity contribution < 1.29 is 9.32 Å². The molecule has 0 bridgehead atoms. The molecular weight excluding hydrogens is 296 g/mol. The molecule has 20 heavy (non-hydrogen) atoms. The second kappa shape index (κ2) is 6.90. The van der Waals surface area contributed by atoms with E-state index < -0.39 is 0 Å². The van der Waals surface area contributed by atoms with Crippen molar-refractivity contribution in [3.05, 3.63) is 41.0 Å². The van der Waals surface area contributed by atoms with E-state index >= 15 is 0 Å². The first kappa shape index (κ1) is 15.1. The third-order valence-corrected chi connectivity index (χ3v) is 3.87. The third-order valence-electron chi connectivity index (χ3n) is 2.64. The zero-order valence-electron chi connectivity index (χ0n) is 11.3. The first-order valence-corrected chi connectivity index (χ1v) is 7.63. The number of aromatic nitrogens is 2. The van der Waals surface area contributed by atoms with Crippen LogP contribution in [0.4, 0.5) is 0 Å². The Morgan fingerprint density at radius 1 is 1.45 bits per heavy atom. The van der Waals surface area contributed by atoms with Crippen molar-refractivity contribution in [1.82, 2.24) is 10.1 Å². The lowest BCUT2D eigenvalue weighted by atomic mass is 10.1. The van der Waals surface area contributed by atoms with Crippen LogP contribution in [0.1, 0.15) is 25.6 Å². The minimum absolute atomic E-state index is 0.0221. The Morgan fingerprint density at radius 3 is 2.95 bits per heavy atom. The summed E-state index contributed by atoms with van der Waals surface area (Å²) in [6, 6.07) is 7.58. The molecule has 0 radical (unpaired) electrons. The van der Waals surface area contributed by atoms with Gasteiger partial charge in [0.15, 0.2) is 5.82 Å². The molecule has 0 amide bonds. The zero-order chi connectivity index (χ0) is 14.5. The topological polar surface area (TPSA) is 56.0 Å². The van der Waals surface area contributed by atoms with Crippen LogP contribution < -0.4 is 0 Å². The van der Waals surface area contributed by atoms with Crippen molar-refractivity contribution >= 4 is 29.1 Å². The number of benzene rings is 1. The minimum Gasteiger partial charge on any atom is -0.339 e. The van der Waals surface area contributed by atoms with Crippen molar-refractivity contribution in [2.24, 2.45) is 5.92 Å². The lowest BCUT2D eigenvalue weighted by Crippen LogP contribution is -2.10. The van der Waals surface area contributed by atoms with Crippen molar-refractivity contribution in [2.75, 3.05) is 0 Å². The van der Waals surface area contributed by atoms with E-state index in [1.54, 1.807) is 11.8 Å². The van der Waals surface area contributed by atoms with E-state index in [1.165, 1.54) is 0 Å². The molecule has 4 nitrogen and oxygen atoms in total. The van der Waals surface area contributed by atoms with Crippen molar-refractivity contribution in [3.63, 3.8) is 0 Å².